The molecule has 1 aliphatic heterocycles. The minimum atomic E-state index is -0.860. The first-order chi connectivity index (χ1) is 13.1. The average molecular weight is 369 g/mol. The molecule has 1 aliphatic rings. The highest BCUT2D eigenvalue weighted by molar-refractivity contribution is 5.71. The minimum Gasteiger partial charge on any atom is -0.456 e. The molecule has 0 radical (unpaired) electrons. The number of aliphatic hydroxyl groups excluding tert-OH is 2. The number of ether oxygens (including phenoxy) is 1. The van der Waals surface area contributed by atoms with E-state index < -0.39 is 24.1 Å². The molecule has 4 rings (SSSR count). The fraction of sp³-hybridized carbons (Fsp3) is 0.263. The predicted octanol–water partition coefficient (Wildman–Crippen LogP) is 1.39. The number of hydrogen-bond donors (Lipinski definition) is 3. The number of nitrogens with zero attached hydrogens (tertiary/aromatic N) is 2. The smallest absolute Gasteiger partial charge is 0.351 e. The fourth-order valence-corrected chi connectivity index (χ4v) is 3.17. The van der Waals surface area contributed by atoms with E-state index in [1.54, 1.807) is 6.07 Å². The van der Waals surface area contributed by atoms with Crippen LogP contribution in [0.25, 0.3) is 22.6 Å². The van der Waals surface area contributed by atoms with Gasteiger partial charge in [0.2, 0.25) is 0 Å². The Morgan fingerprint density at radius 3 is 2.63 bits per heavy atom. The van der Waals surface area contributed by atoms with Gasteiger partial charge in [-0.15, -0.1) is 0 Å². The molecule has 3 atom stereocenters. The Morgan fingerprint density at radius 1 is 1.19 bits per heavy atom. The molecule has 3 heterocycles. The Kier molecular flexibility index (Phi) is 4.53. The number of aromatic nitrogens is 2. The Morgan fingerprint density at radius 2 is 1.93 bits per heavy atom. The average Bonchev–Trinajstić information content (AvgIpc) is 3.29. The number of rotatable bonds is 4. The zero-order valence-corrected chi connectivity index (χ0v) is 14.4. The van der Waals surface area contributed by atoms with Crippen molar-refractivity contribution in [2.24, 2.45) is 0 Å². The van der Waals surface area contributed by atoms with Crippen LogP contribution < -0.4 is 11.4 Å². The number of aliphatic hydroxyl groups is 2. The molecule has 0 aliphatic carbocycles. The third-order valence-corrected chi connectivity index (χ3v) is 4.61. The van der Waals surface area contributed by atoms with Crippen LogP contribution in [0.1, 0.15) is 12.6 Å². The molecule has 1 aromatic carbocycles. The van der Waals surface area contributed by atoms with Gasteiger partial charge in [-0.25, -0.2) is 4.79 Å². The molecule has 0 amide bonds. The highest BCUT2D eigenvalue weighted by atomic mass is 16.5. The van der Waals surface area contributed by atoms with E-state index in [4.69, 9.17) is 14.9 Å². The van der Waals surface area contributed by atoms with Gasteiger partial charge in [-0.1, -0.05) is 30.3 Å². The topological polar surface area (TPSA) is 124 Å². The predicted molar refractivity (Wildman–Crippen MR) is 97.7 cm³/mol. The molecule has 0 unspecified atom stereocenters. The molecule has 0 spiro atoms. The van der Waals surface area contributed by atoms with Crippen LogP contribution in [0.15, 0.2) is 57.9 Å². The molecule has 8 heteroatoms. The van der Waals surface area contributed by atoms with Gasteiger partial charge in [-0.2, -0.15) is 4.98 Å². The largest absolute Gasteiger partial charge is 0.456 e. The summed E-state index contributed by atoms with van der Waals surface area (Å²) in [6, 6.07) is 13.2. The second-order valence-electron chi connectivity index (χ2n) is 6.37. The first-order valence-corrected chi connectivity index (χ1v) is 8.55. The van der Waals surface area contributed by atoms with E-state index in [0.29, 0.717) is 17.1 Å². The fourth-order valence-electron chi connectivity index (χ4n) is 3.17. The van der Waals surface area contributed by atoms with Crippen LogP contribution in [-0.4, -0.2) is 38.6 Å². The molecule has 140 valence electrons. The summed E-state index contributed by atoms with van der Waals surface area (Å²) >= 11 is 0. The van der Waals surface area contributed by atoms with Crippen LogP contribution in [0.2, 0.25) is 0 Å². The van der Waals surface area contributed by atoms with Gasteiger partial charge in [0, 0.05) is 18.2 Å². The van der Waals surface area contributed by atoms with Gasteiger partial charge < -0.3 is 25.1 Å². The van der Waals surface area contributed by atoms with Gasteiger partial charge >= 0.3 is 5.69 Å². The first kappa shape index (κ1) is 17.5. The van der Waals surface area contributed by atoms with Crippen molar-refractivity contribution in [2.75, 3.05) is 12.3 Å². The van der Waals surface area contributed by atoms with E-state index in [0.717, 1.165) is 5.56 Å². The summed E-state index contributed by atoms with van der Waals surface area (Å²) in [5, 5.41) is 19.2. The lowest BCUT2D eigenvalue weighted by atomic mass is 10.2. The van der Waals surface area contributed by atoms with Gasteiger partial charge in [-0.3, -0.25) is 4.57 Å². The molecule has 1 fully saturated rings. The number of anilines is 1. The van der Waals surface area contributed by atoms with Crippen LogP contribution in [0.5, 0.6) is 0 Å². The minimum absolute atomic E-state index is 0.0439. The first-order valence-electron chi connectivity index (χ1n) is 8.55. The lowest BCUT2D eigenvalue weighted by molar-refractivity contribution is -0.0458. The van der Waals surface area contributed by atoms with E-state index in [1.165, 1.54) is 10.8 Å². The van der Waals surface area contributed by atoms with E-state index >= 15 is 0 Å². The Hall–Kier alpha value is -2.94. The summed E-state index contributed by atoms with van der Waals surface area (Å²) < 4.78 is 12.7. The summed E-state index contributed by atoms with van der Waals surface area (Å²) in [6.45, 7) is -0.333. The van der Waals surface area contributed by atoms with Crippen molar-refractivity contribution in [1.82, 2.24) is 9.55 Å². The summed E-state index contributed by atoms with van der Waals surface area (Å²) in [5.74, 6) is 1.17. The third-order valence-electron chi connectivity index (χ3n) is 4.61. The number of benzene rings is 1. The van der Waals surface area contributed by atoms with Crippen molar-refractivity contribution < 1.29 is 19.4 Å². The van der Waals surface area contributed by atoms with E-state index in [1.807, 2.05) is 36.4 Å². The third kappa shape index (κ3) is 3.25. The highest BCUT2D eigenvalue weighted by Crippen LogP contribution is 2.32. The van der Waals surface area contributed by atoms with Gasteiger partial charge in [0.25, 0.3) is 0 Å². The highest BCUT2D eigenvalue weighted by Gasteiger charge is 2.35. The maximum absolute atomic E-state index is 12.3. The maximum Gasteiger partial charge on any atom is 0.351 e. The number of nitrogen functional groups attached to an aromatic ring is 1. The second kappa shape index (κ2) is 6.99. The molecule has 3 aromatic rings. The number of nitrogens with two attached hydrogens (primary N) is 1. The van der Waals surface area contributed by atoms with Crippen LogP contribution in [0.3, 0.4) is 0 Å². The van der Waals surface area contributed by atoms with Crippen molar-refractivity contribution >= 4 is 5.82 Å². The second-order valence-corrected chi connectivity index (χ2v) is 6.37. The Bertz CT molecular complexity index is 998. The summed E-state index contributed by atoms with van der Waals surface area (Å²) in [7, 11) is 0. The standard InChI is InChI=1S/C19H19N3O5/c20-18-12(15-7-6-14(26-15)11-4-2-1-3-5-11)9-22(19(25)21-18)17-8-13(24)16(10-23)27-17/h1-7,9,13,16-17,23-24H,8,10H2,(H2,20,21,25)/t13-,16+,17+/m0/s1. The van der Waals surface area contributed by atoms with E-state index in [-0.39, 0.29) is 18.8 Å². The maximum atomic E-state index is 12.3. The Balaban J connectivity index is 1.70. The van der Waals surface area contributed by atoms with Gasteiger partial charge in [0.1, 0.15) is 29.7 Å². The lowest BCUT2D eigenvalue weighted by Gasteiger charge is -2.15. The van der Waals surface area contributed by atoms with E-state index in [2.05, 4.69) is 4.98 Å². The molecular formula is C19H19N3O5. The molecule has 1 saturated heterocycles. The molecule has 2 aromatic heterocycles. The molecular weight excluding hydrogens is 350 g/mol. The van der Waals surface area contributed by atoms with Gasteiger partial charge in [0.05, 0.1) is 18.3 Å². The van der Waals surface area contributed by atoms with Crippen LogP contribution in [0.4, 0.5) is 5.82 Å². The van der Waals surface area contributed by atoms with E-state index in [9.17, 15) is 15.0 Å². The van der Waals surface area contributed by atoms with Crippen LogP contribution in [0, 0.1) is 0 Å². The van der Waals surface area contributed by atoms with Crippen molar-refractivity contribution in [1.29, 1.82) is 0 Å². The number of hydrogen-bond acceptors (Lipinski definition) is 7. The van der Waals surface area contributed by atoms with Gasteiger partial charge in [-0.05, 0) is 12.1 Å². The summed E-state index contributed by atoms with van der Waals surface area (Å²) in [5.41, 5.74) is 6.70. The number of furan rings is 1. The van der Waals surface area contributed by atoms with Crippen molar-refractivity contribution in [3.05, 3.63) is 59.1 Å². The monoisotopic (exact) mass is 369 g/mol. The quantitative estimate of drug-likeness (QED) is 0.635. The zero-order chi connectivity index (χ0) is 19.0. The van der Waals surface area contributed by atoms with Crippen molar-refractivity contribution in [3.8, 4) is 22.6 Å². The zero-order valence-electron chi connectivity index (χ0n) is 14.4. The lowest BCUT2D eigenvalue weighted by Crippen LogP contribution is -2.28. The molecule has 0 bridgehead atoms. The van der Waals surface area contributed by atoms with Crippen LogP contribution in [-0.2, 0) is 4.74 Å². The summed E-state index contributed by atoms with van der Waals surface area (Å²) in [4.78, 5) is 16.1. The van der Waals surface area contributed by atoms with Crippen molar-refractivity contribution in [3.63, 3.8) is 0 Å². The molecule has 4 N–H and O–H groups in total. The Labute approximate surface area is 154 Å². The van der Waals surface area contributed by atoms with Crippen LogP contribution >= 0.6 is 0 Å². The normalized spacial score (nSPS) is 22.2. The molecule has 8 nitrogen and oxygen atoms in total. The van der Waals surface area contributed by atoms with Gasteiger partial charge in [0.15, 0.2) is 0 Å². The van der Waals surface area contributed by atoms with Crippen molar-refractivity contribution in [2.45, 2.75) is 24.9 Å². The summed E-state index contributed by atoms with van der Waals surface area (Å²) in [6.07, 6.45) is -0.656. The SMILES string of the molecule is Nc1nc(=O)n([C@H]2C[C@H](O)[C@@H](CO)O2)cc1-c1ccc(-c2ccccc2)o1. The molecule has 27 heavy (non-hydrogen) atoms. The molecule has 0 saturated carbocycles.